The molecule has 0 aliphatic carbocycles. The van der Waals surface area contributed by atoms with Gasteiger partial charge < -0.3 is 29.5 Å². The molecule has 13 nitrogen and oxygen atoms in total. The molecule has 304 valence electrons. The van der Waals surface area contributed by atoms with Crippen LogP contribution in [-0.2, 0) is 52.1 Å². The summed E-state index contributed by atoms with van der Waals surface area (Å²) in [6.45, 7) is 15.8. The number of nitrogens with one attached hydrogen (secondary N) is 2. The lowest BCUT2D eigenvalue weighted by molar-refractivity contribution is -0.156. The Balaban J connectivity index is 1.56. The standard InChI is InChI=1S/C44H58N8O5/c1-11-50-36-16-15-29-22-33(36)34(40(50)37-23-31(25-48(8)9)46-49(37)10)24-44(5,6)26-57-43(56)35-14-13-17-52(47-35)41(54)38(20-28-18-30(29)21-32(53)19-28)51(12-2)42(55)39(45-7)27(3)4/h12,15-16,18-19,21-23,35,38,45,47,53H,2,11,13-14,17,20,24-26H2,1,3-10H3/t35-,38?/m0/s1. The van der Waals surface area contributed by atoms with Crippen molar-refractivity contribution < 1.29 is 24.2 Å². The molecule has 2 atom stereocenters. The molecule has 2 aliphatic rings. The Morgan fingerprint density at radius 2 is 1.89 bits per heavy atom. The molecular weight excluding hydrogens is 721 g/mol. The number of amides is 2. The molecule has 0 saturated carbocycles. The molecule has 13 heteroatoms. The summed E-state index contributed by atoms with van der Waals surface area (Å²) in [7, 11) is 7.70. The van der Waals surface area contributed by atoms with E-state index in [1.807, 2.05) is 45.7 Å². The Labute approximate surface area is 335 Å². The molecule has 6 bridgehead atoms. The van der Waals surface area contributed by atoms with Crippen molar-refractivity contribution in [2.24, 2.45) is 12.5 Å². The van der Waals surface area contributed by atoms with Crippen LogP contribution in [0.25, 0.3) is 33.4 Å². The zero-order chi connectivity index (χ0) is 41.3. The van der Waals surface area contributed by atoms with Gasteiger partial charge in [-0.05, 0) is 112 Å². The maximum absolute atomic E-state index is 14.6. The molecule has 3 N–H and O–H groups in total. The van der Waals surface area contributed by atoms with Crippen LogP contribution >= 0.6 is 0 Å². The van der Waals surface area contributed by atoms with Crippen molar-refractivity contribution in [3.8, 4) is 28.3 Å². The van der Waals surface area contributed by atoms with Gasteiger partial charge in [-0.2, -0.15) is 5.10 Å². The van der Waals surface area contributed by atoms with Gasteiger partial charge in [0.1, 0.15) is 17.8 Å². The molecule has 57 heavy (non-hydrogen) atoms. The van der Waals surface area contributed by atoms with Crippen molar-refractivity contribution in [2.45, 2.75) is 85.5 Å². The van der Waals surface area contributed by atoms with Crippen LogP contribution in [0.4, 0.5) is 0 Å². The average Bonchev–Trinajstić information content (AvgIpc) is 3.67. The normalized spacial score (nSPS) is 18.6. The molecule has 1 saturated heterocycles. The van der Waals surface area contributed by atoms with Gasteiger partial charge in [0.15, 0.2) is 0 Å². The summed E-state index contributed by atoms with van der Waals surface area (Å²) < 4.78 is 10.4. The first-order valence-corrected chi connectivity index (χ1v) is 19.8. The highest BCUT2D eigenvalue weighted by Crippen LogP contribution is 2.41. The van der Waals surface area contributed by atoms with Gasteiger partial charge in [-0.15, -0.1) is 0 Å². The van der Waals surface area contributed by atoms with E-state index in [1.165, 1.54) is 16.1 Å². The lowest BCUT2D eigenvalue weighted by Crippen LogP contribution is -2.60. The SMILES string of the molecule is C=CN(C(=O)C(NC)=C(C)C)C1Cc2cc(O)cc(c2)-c2ccc3c(c2)c(c(-c2cc(CN(C)C)nn2C)n3CC)CC(C)(C)COC(=O)[C@@H]2CCCN(N2)C1=O. The van der Waals surface area contributed by atoms with Gasteiger partial charge in [-0.25, -0.2) is 5.43 Å². The van der Waals surface area contributed by atoms with Crippen LogP contribution in [0.5, 0.6) is 5.75 Å². The summed E-state index contributed by atoms with van der Waals surface area (Å²) in [5.74, 6) is -1.22. The number of allylic oxidation sites excluding steroid dienone is 1. The second kappa shape index (κ2) is 16.6. The smallest absolute Gasteiger partial charge is 0.324 e. The van der Waals surface area contributed by atoms with Crippen LogP contribution in [0.15, 0.2) is 66.5 Å². The second-order valence-electron chi connectivity index (χ2n) is 16.6. The fourth-order valence-corrected chi connectivity index (χ4v) is 8.28. The lowest BCUT2D eigenvalue weighted by Gasteiger charge is -2.38. The van der Waals surface area contributed by atoms with E-state index >= 15 is 0 Å². The summed E-state index contributed by atoms with van der Waals surface area (Å²) in [5, 5.41) is 21.6. The van der Waals surface area contributed by atoms with Crippen LogP contribution in [0, 0.1) is 5.41 Å². The van der Waals surface area contributed by atoms with Gasteiger partial charge in [-0.3, -0.25) is 24.1 Å². The maximum atomic E-state index is 14.6. The first-order chi connectivity index (χ1) is 27.0. The number of cyclic esters (lactones) is 1. The second-order valence-corrected chi connectivity index (χ2v) is 16.6. The number of esters is 1. The first kappa shape index (κ1) is 41.2. The monoisotopic (exact) mass is 778 g/mol. The van der Waals surface area contributed by atoms with Gasteiger partial charge in [0.25, 0.3) is 11.8 Å². The molecule has 2 amide bonds. The minimum absolute atomic E-state index is 0.0373. The number of aromatic hydroxyl groups is 1. The van der Waals surface area contributed by atoms with Crippen LogP contribution < -0.4 is 10.7 Å². The quantitative estimate of drug-likeness (QED) is 0.156. The third kappa shape index (κ3) is 8.50. The third-order valence-corrected chi connectivity index (χ3v) is 10.9. The Kier molecular flexibility index (Phi) is 12.0. The van der Waals surface area contributed by atoms with E-state index in [1.54, 1.807) is 19.2 Å². The number of phenolic OH excluding ortho intramolecular Hbond substituents is 1. The number of aromatic nitrogens is 3. The minimum Gasteiger partial charge on any atom is -0.508 e. The summed E-state index contributed by atoms with van der Waals surface area (Å²) in [6.07, 6.45) is 3.08. The lowest BCUT2D eigenvalue weighted by atomic mass is 9.84. The highest BCUT2D eigenvalue weighted by Gasteiger charge is 2.38. The molecule has 2 aromatic carbocycles. The molecule has 2 aromatic heterocycles. The number of phenols is 1. The number of aryl methyl sites for hydroxylation is 2. The number of benzene rings is 2. The van der Waals surface area contributed by atoms with Gasteiger partial charge in [-0.1, -0.05) is 32.6 Å². The zero-order valence-corrected chi connectivity index (χ0v) is 34.9. The number of hydrogen-bond acceptors (Lipinski definition) is 9. The topological polar surface area (TPSA) is 137 Å². The van der Waals surface area contributed by atoms with Crippen LogP contribution in [0.2, 0.25) is 0 Å². The molecule has 1 fully saturated rings. The number of likely N-dealkylation sites (N-methyl/N-ethyl adjacent to an activating group) is 1. The Morgan fingerprint density at radius 1 is 1.14 bits per heavy atom. The van der Waals surface area contributed by atoms with Gasteiger partial charge in [0.05, 0.1) is 29.4 Å². The number of carbonyl (C=O) groups is 3. The van der Waals surface area contributed by atoms with Gasteiger partial charge in [0, 0.05) is 62.7 Å². The largest absolute Gasteiger partial charge is 0.508 e. The molecule has 4 aromatic rings. The highest BCUT2D eigenvalue weighted by molar-refractivity contribution is 5.98. The molecule has 4 heterocycles. The van der Waals surface area contributed by atoms with Crippen molar-refractivity contribution in [1.29, 1.82) is 0 Å². The number of rotatable bonds is 8. The van der Waals surface area contributed by atoms with Crippen molar-refractivity contribution in [3.05, 3.63) is 83.3 Å². The Bertz CT molecular complexity index is 2230. The Morgan fingerprint density at radius 3 is 2.56 bits per heavy atom. The highest BCUT2D eigenvalue weighted by atomic mass is 16.5. The van der Waals surface area contributed by atoms with Crippen LogP contribution in [0.1, 0.15) is 64.3 Å². The van der Waals surface area contributed by atoms with Crippen molar-refractivity contribution in [3.63, 3.8) is 0 Å². The zero-order valence-electron chi connectivity index (χ0n) is 34.9. The van der Waals surface area contributed by atoms with Gasteiger partial charge in [0.2, 0.25) is 0 Å². The van der Waals surface area contributed by atoms with Crippen molar-refractivity contribution in [2.75, 3.05) is 34.3 Å². The summed E-state index contributed by atoms with van der Waals surface area (Å²) in [5.41, 5.74) is 11.2. The van der Waals surface area contributed by atoms with Crippen LogP contribution in [0.3, 0.4) is 0 Å². The van der Waals surface area contributed by atoms with E-state index in [-0.39, 0.29) is 18.8 Å². The summed E-state index contributed by atoms with van der Waals surface area (Å²) >= 11 is 0. The van der Waals surface area contributed by atoms with E-state index in [0.717, 1.165) is 50.2 Å². The van der Waals surface area contributed by atoms with Crippen molar-refractivity contribution >= 4 is 28.7 Å². The minimum atomic E-state index is -1.06. The molecule has 0 radical (unpaired) electrons. The number of carbonyl (C=O) groups excluding carboxylic acids is 3. The number of nitrogens with zero attached hydrogens (tertiary/aromatic N) is 6. The van der Waals surface area contributed by atoms with Crippen molar-refractivity contribution in [1.82, 2.24) is 39.9 Å². The average molecular weight is 779 g/mol. The number of hydrogen-bond donors (Lipinski definition) is 3. The number of ether oxygens (including phenoxy) is 1. The molecule has 1 unspecified atom stereocenters. The summed E-state index contributed by atoms with van der Waals surface area (Å²) in [6, 6.07) is 12.0. The maximum Gasteiger partial charge on any atom is 0.324 e. The van der Waals surface area contributed by atoms with E-state index in [0.29, 0.717) is 50.2 Å². The number of hydrazine groups is 1. The molecule has 6 rings (SSSR count). The summed E-state index contributed by atoms with van der Waals surface area (Å²) in [4.78, 5) is 45.9. The molecule has 0 spiro atoms. The van der Waals surface area contributed by atoms with E-state index in [9.17, 15) is 19.5 Å². The fourth-order valence-electron chi connectivity index (χ4n) is 8.28. The predicted octanol–water partition coefficient (Wildman–Crippen LogP) is 5.51. The molecule has 2 aliphatic heterocycles. The van der Waals surface area contributed by atoms with Crippen LogP contribution in [-0.4, -0.2) is 98.4 Å². The molecular formula is C44H58N8O5. The fraction of sp³-hybridized carbons (Fsp3) is 0.455. The first-order valence-electron chi connectivity index (χ1n) is 19.8. The van der Waals surface area contributed by atoms with E-state index in [4.69, 9.17) is 9.84 Å². The van der Waals surface area contributed by atoms with E-state index in [2.05, 4.69) is 71.8 Å². The number of fused-ring (bicyclic) bond motifs is 6. The third-order valence-electron chi connectivity index (χ3n) is 10.9. The van der Waals surface area contributed by atoms with E-state index < -0.39 is 35.3 Å². The predicted molar refractivity (Wildman–Crippen MR) is 223 cm³/mol. The van der Waals surface area contributed by atoms with Gasteiger partial charge >= 0.3 is 5.97 Å². The Hall–Kier alpha value is -5.40.